The van der Waals surface area contributed by atoms with Gasteiger partial charge in [-0.2, -0.15) is 0 Å². The first-order valence-electron chi connectivity index (χ1n) is 19.3. The van der Waals surface area contributed by atoms with Gasteiger partial charge in [0, 0.05) is 0 Å². The van der Waals surface area contributed by atoms with Crippen molar-refractivity contribution in [2.45, 2.75) is 0 Å². The van der Waals surface area contributed by atoms with E-state index in [-0.39, 0.29) is 0 Å². The maximum atomic E-state index is 4.64. The molecule has 0 aliphatic carbocycles. The normalized spacial score (nSPS) is 10.3. The first kappa shape index (κ1) is 43.8. The van der Waals surface area contributed by atoms with Crippen LogP contribution in [0.2, 0.25) is 0 Å². The summed E-state index contributed by atoms with van der Waals surface area (Å²) in [6.07, 6.45) is 0. The Kier molecular flexibility index (Phi) is 18.5. The molecule has 0 bridgehead atoms. The fourth-order valence-corrected chi connectivity index (χ4v) is 13.5. The van der Waals surface area contributed by atoms with Crippen LogP contribution in [0.5, 0.6) is 0 Å². The molecule has 292 valence electrons. The van der Waals surface area contributed by atoms with Gasteiger partial charge in [-0.15, -0.1) is 0 Å². The van der Waals surface area contributed by atoms with Gasteiger partial charge < -0.3 is 0 Å². The number of halogens is 1. The molecule has 59 heavy (non-hydrogen) atoms. The number of hydrogen-bond acceptors (Lipinski definition) is 0. The Labute approximate surface area is 369 Å². The minimum absolute atomic E-state index is 0.446. The Bertz CT molecular complexity index is 1870. The molecule has 9 aromatic carbocycles. The van der Waals surface area contributed by atoms with Gasteiger partial charge in [-0.1, -0.05) is 273 Å². The molecule has 0 heterocycles. The van der Waals surface area contributed by atoms with Gasteiger partial charge in [0.15, 0.2) is 0 Å². The Hall–Kier alpha value is -4.79. The Balaban J connectivity index is 0.000000146. The van der Waals surface area contributed by atoms with Crippen LogP contribution in [0.15, 0.2) is 273 Å². The van der Waals surface area contributed by atoms with Crippen LogP contribution in [0.4, 0.5) is 0 Å². The second-order valence-electron chi connectivity index (χ2n) is 13.0. The molecule has 0 saturated carbocycles. The molecule has 0 spiro atoms. The molecule has 0 aromatic heterocycles. The molecule has 0 fully saturated rings. The van der Waals surface area contributed by atoms with Crippen molar-refractivity contribution >= 4 is 81.1 Å². The van der Waals surface area contributed by atoms with Crippen molar-refractivity contribution in [1.29, 1.82) is 0 Å². The molecule has 9 rings (SSSR count). The molecule has 0 amide bonds. The fourth-order valence-electron chi connectivity index (χ4n) is 6.54. The first-order chi connectivity index (χ1) is 29.3. The molecule has 0 aliphatic heterocycles. The Morgan fingerprint density at radius 3 is 0.339 bits per heavy atom. The molecule has 0 nitrogen and oxygen atoms in total. The van der Waals surface area contributed by atoms with Gasteiger partial charge >= 0.3 is 27.5 Å². The number of hydrogen-bond donors (Lipinski definition) is 0. The van der Waals surface area contributed by atoms with Crippen molar-refractivity contribution in [1.82, 2.24) is 0 Å². The van der Waals surface area contributed by atoms with Crippen molar-refractivity contribution < 1.29 is 17.9 Å². The van der Waals surface area contributed by atoms with Gasteiger partial charge in [-0.05, 0) is 71.5 Å². The van der Waals surface area contributed by atoms with Gasteiger partial charge in [0.2, 0.25) is 0 Å². The number of rotatable bonds is 9. The molecule has 0 atom stereocenters. The standard InChI is InChI=1S/3C18H15P.ClH.Ir/c3*1-4-10-16(11-5-1)19(17-12-6-2-7-13-17)18-14-8-3-9-15-18;;/h3*1-15H;1H;/q;;;;+1/p-1. The minimum atomic E-state index is -0.446. The Morgan fingerprint density at radius 2 is 0.254 bits per heavy atom. The van der Waals surface area contributed by atoms with E-state index in [0.29, 0.717) is 0 Å². The van der Waals surface area contributed by atoms with Crippen LogP contribution in [-0.4, -0.2) is 0 Å². The first-order valence-corrected chi connectivity index (χ1v) is 26.3. The van der Waals surface area contributed by atoms with Crippen molar-refractivity contribution in [3.8, 4) is 0 Å². The SMILES string of the molecule is [Cl][Ir].c1ccc(P(c2ccccc2)c2ccccc2)cc1.c1ccc(P(c2ccccc2)c2ccccc2)cc1.c1ccc(P(c2ccccc2)c2ccccc2)cc1. The minimum Gasteiger partial charge on any atom is -0.0622 e. The topological polar surface area (TPSA) is 0 Å². The van der Waals surface area contributed by atoms with Gasteiger partial charge in [0.05, 0.1) is 0 Å². The third-order valence-corrected chi connectivity index (χ3v) is 16.5. The van der Waals surface area contributed by atoms with Crippen molar-refractivity contribution in [3.63, 3.8) is 0 Å². The Morgan fingerprint density at radius 1 is 0.169 bits per heavy atom. The monoisotopic (exact) mass is 1010 g/mol. The predicted molar refractivity (Wildman–Crippen MR) is 261 cm³/mol. The van der Waals surface area contributed by atoms with Crippen LogP contribution in [0, 0.1) is 0 Å². The maximum Gasteiger partial charge on any atom is -0.0134 e. The summed E-state index contributed by atoms with van der Waals surface area (Å²) in [5.41, 5.74) is 0. The van der Waals surface area contributed by atoms with Crippen LogP contribution < -0.4 is 47.7 Å². The summed E-state index contributed by atoms with van der Waals surface area (Å²) in [5.74, 6) is 0. The van der Waals surface area contributed by atoms with E-state index in [2.05, 4.69) is 283 Å². The van der Waals surface area contributed by atoms with Gasteiger partial charge in [-0.25, -0.2) is 0 Å². The van der Waals surface area contributed by atoms with Crippen LogP contribution in [0.25, 0.3) is 0 Å². The van der Waals surface area contributed by atoms with Crippen LogP contribution >= 0.6 is 33.3 Å². The summed E-state index contributed by atoms with van der Waals surface area (Å²) in [5, 5.41) is 12.6. The summed E-state index contributed by atoms with van der Waals surface area (Å²) in [6, 6.07) is 97.0. The van der Waals surface area contributed by atoms with E-state index in [4.69, 9.17) is 0 Å². The molecule has 5 heteroatoms. The predicted octanol–water partition coefficient (Wildman–Crippen LogP) is 11.0. The average Bonchev–Trinajstić information content (AvgIpc) is 3.34. The smallest absolute Gasteiger partial charge is 0.0134 e. The summed E-state index contributed by atoms with van der Waals surface area (Å²) in [4.78, 5) is 0. The average molecular weight is 1010 g/mol. The third-order valence-electron chi connectivity index (χ3n) is 9.13. The molecule has 0 aliphatic rings. The van der Waals surface area contributed by atoms with Crippen LogP contribution in [0.3, 0.4) is 0 Å². The summed E-state index contributed by atoms with van der Waals surface area (Å²) in [6.45, 7) is 0. The zero-order chi connectivity index (χ0) is 40.7. The molecule has 0 unspecified atom stereocenters. The zero-order valence-corrected chi connectivity index (χ0v) is 38.4. The second kappa shape index (κ2) is 25.0. The third kappa shape index (κ3) is 13.1. The van der Waals surface area contributed by atoms with Gasteiger partial charge in [-0.3, -0.25) is 0 Å². The molecule has 0 radical (unpaired) electrons. The molecule has 0 saturated heterocycles. The van der Waals surface area contributed by atoms with Gasteiger partial charge in [0.1, 0.15) is 0 Å². The second-order valence-corrected chi connectivity index (χ2v) is 19.7. The molecular formula is C54H45ClIrP3. The molecule has 9 aromatic rings. The molecular weight excluding hydrogens is 969 g/mol. The van der Waals surface area contributed by atoms with E-state index in [0.717, 1.165) is 0 Å². The fraction of sp³-hybridized carbons (Fsp3) is 0. The largest absolute Gasteiger partial charge is 0.0622 e. The molecule has 0 N–H and O–H groups in total. The van der Waals surface area contributed by atoms with E-state index in [9.17, 15) is 0 Å². The maximum absolute atomic E-state index is 4.64. The zero-order valence-electron chi connectivity index (χ0n) is 32.5. The summed E-state index contributed by atoms with van der Waals surface area (Å²) < 4.78 is 0. The van der Waals surface area contributed by atoms with E-state index in [1.165, 1.54) is 65.6 Å². The van der Waals surface area contributed by atoms with Crippen molar-refractivity contribution in [3.05, 3.63) is 273 Å². The summed E-state index contributed by atoms with van der Waals surface area (Å²) >= 11 is 1.47. The van der Waals surface area contributed by atoms with E-state index in [1.54, 1.807) is 0 Å². The van der Waals surface area contributed by atoms with Crippen molar-refractivity contribution in [2.24, 2.45) is 0 Å². The van der Waals surface area contributed by atoms with E-state index in [1.807, 2.05) is 0 Å². The van der Waals surface area contributed by atoms with Crippen molar-refractivity contribution in [2.75, 3.05) is 0 Å². The van der Waals surface area contributed by atoms with Gasteiger partial charge in [0.25, 0.3) is 0 Å². The van der Waals surface area contributed by atoms with E-state index >= 15 is 0 Å². The number of benzene rings is 9. The quantitative estimate of drug-likeness (QED) is 0.126. The summed E-state index contributed by atoms with van der Waals surface area (Å²) in [7, 11) is 3.30. The van der Waals surface area contributed by atoms with Crippen LogP contribution in [0.1, 0.15) is 0 Å². The van der Waals surface area contributed by atoms with Crippen LogP contribution in [-0.2, 0) is 17.9 Å². The van der Waals surface area contributed by atoms with E-state index < -0.39 is 23.8 Å².